The van der Waals surface area contributed by atoms with Crippen LogP contribution in [0.3, 0.4) is 0 Å². The maximum atomic E-state index is 13.0. The van der Waals surface area contributed by atoms with Crippen molar-refractivity contribution in [3.05, 3.63) is 73.3 Å². The number of nitrogens with zero attached hydrogens (tertiary/aromatic N) is 5. The van der Waals surface area contributed by atoms with Gasteiger partial charge < -0.3 is 20.5 Å². The number of H-pyrrole nitrogens is 1. The van der Waals surface area contributed by atoms with E-state index in [2.05, 4.69) is 32.5 Å². The fourth-order valence-electron chi connectivity index (χ4n) is 4.95. The zero-order chi connectivity index (χ0) is 24.5. The third kappa shape index (κ3) is 4.35. The monoisotopic (exact) mass is 480 g/mol. The van der Waals surface area contributed by atoms with E-state index in [1.807, 2.05) is 70.3 Å². The average molecular weight is 481 g/mol. The Hall–Kier alpha value is -4.40. The summed E-state index contributed by atoms with van der Waals surface area (Å²) in [5, 5.41) is 7.61. The topological polar surface area (TPSA) is 104 Å². The van der Waals surface area contributed by atoms with Gasteiger partial charge in [0.2, 0.25) is 5.95 Å². The first kappa shape index (κ1) is 22.1. The highest BCUT2D eigenvalue weighted by atomic mass is 16.2. The van der Waals surface area contributed by atoms with Crippen molar-refractivity contribution in [1.29, 1.82) is 0 Å². The van der Waals surface area contributed by atoms with E-state index in [4.69, 9.17) is 4.98 Å². The highest BCUT2D eigenvalue weighted by Crippen LogP contribution is 2.24. The largest absolute Gasteiger partial charge is 0.361 e. The predicted molar refractivity (Wildman–Crippen MR) is 141 cm³/mol. The Morgan fingerprint density at radius 3 is 3.00 bits per heavy atom. The Morgan fingerprint density at radius 2 is 2.06 bits per heavy atom. The van der Waals surface area contributed by atoms with Crippen LogP contribution in [0.15, 0.2) is 73.3 Å². The number of imidazole rings is 1. The number of aromatic nitrogens is 5. The third-order valence-electron chi connectivity index (χ3n) is 6.95. The fourth-order valence-corrected chi connectivity index (χ4v) is 4.95. The third-order valence-corrected chi connectivity index (χ3v) is 6.95. The highest BCUT2D eigenvalue weighted by molar-refractivity contribution is 5.92. The minimum Gasteiger partial charge on any atom is -0.361 e. The lowest BCUT2D eigenvalue weighted by Gasteiger charge is -2.36. The summed E-state index contributed by atoms with van der Waals surface area (Å²) in [4.78, 5) is 31.7. The summed E-state index contributed by atoms with van der Waals surface area (Å²) in [6.07, 6.45) is 7.44. The number of hydrogen-bond acceptors (Lipinski definition) is 5. The van der Waals surface area contributed by atoms with Crippen molar-refractivity contribution in [2.24, 2.45) is 5.92 Å². The second-order valence-electron chi connectivity index (χ2n) is 9.33. The summed E-state index contributed by atoms with van der Waals surface area (Å²) >= 11 is 0. The van der Waals surface area contributed by atoms with E-state index >= 15 is 0 Å². The summed E-state index contributed by atoms with van der Waals surface area (Å²) in [6.45, 7) is 3.56. The van der Waals surface area contributed by atoms with Crippen LogP contribution >= 0.6 is 0 Å². The zero-order valence-corrected chi connectivity index (χ0v) is 20.1. The molecular weight excluding hydrogens is 452 g/mol. The molecule has 9 nitrogen and oxygen atoms in total. The molecule has 5 aromatic rings. The average Bonchev–Trinajstić information content (AvgIpc) is 3.56. The normalized spacial score (nSPS) is 16.8. The summed E-state index contributed by atoms with van der Waals surface area (Å²) < 4.78 is 1.96. The number of likely N-dealkylation sites (tertiary alicyclic amines) is 1. The Labute approximate surface area is 208 Å². The number of hydrogen-bond donors (Lipinski definition) is 3. The van der Waals surface area contributed by atoms with Crippen molar-refractivity contribution < 1.29 is 4.79 Å². The number of rotatable bonds is 5. The molecule has 1 aliphatic rings. The van der Waals surface area contributed by atoms with Gasteiger partial charge in [-0.3, -0.25) is 4.57 Å². The van der Waals surface area contributed by atoms with Gasteiger partial charge in [-0.05, 0) is 68.1 Å². The number of aromatic amines is 1. The second-order valence-corrected chi connectivity index (χ2v) is 9.33. The van der Waals surface area contributed by atoms with Gasteiger partial charge in [-0.1, -0.05) is 12.1 Å². The smallest absolute Gasteiger partial charge is 0.321 e. The summed E-state index contributed by atoms with van der Waals surface area (Å²) in [7, 11) is 0. The molecule has 1 fully saturated rings. The SMILES string of the molecule is CC(Nc1nccc(-n2cnc3ccccc32)n1)C1CCCN(C(=O)Nc2ccc3[nH]ccc3c2)C1. The number of carbonyl (C=O) groups excluding carboxylic acids is 1. The summed E-state index contributed by atoms with van der Waals surface area (Å²) in [6, 6.07) is 17.8. The minimum atomic E-state index is -0.0629. The molecule has 0 bridgehead atoms. The molecule has 182 valence electrons. The molecular formula is C27H28N8O. The Kier molecular flexibility index (Phi) is 5.73. The van der Waals surface area contributed by atoms with Crippen LogP contribution in [-0.4, -0.2) is 54.6 Å². The first-order valence-electron chi connectivity index (χ1n) is 12.3. The van der Waals surface area contributed by atoms with Crippen molar-refractivity contribution >= 4 is 39.6 Å². The van der Waals surface area contributed by atoms with E-state index in [1.54, 1.807) is 12.5 Å². The molecule has 2 atom stereocenters. The molecule has 0 radical (unpaired) electrons. The predicted octanol–water partition coefficient (Wildman–Crippen LogP) is 5.04. The zero-order valence-electron chi connectivity index (χ0n) is 20.1. The number of nitrogens with one attached hydrogen (secondary N) is 3. The van der Waals surface area contributed by atoms with Crippen LogP contribution < -0.4 is 10.6 Å². The molecule has 0 aliphatic carbocycles. The molecule has 4 heterocycles. The number of piperidine rings is 1. The molecule has 3 aromatic heterocycles. The van der Waals surface area contributed by atoms with Crippen molar-refractivity contribution in [1.82, 2.24) is 29.4 Å². The molecule has 9 heteroatoms. The van der Waals surface area contributed by atoms with Crippen LogP contribution in [0.4, 0.5) is 16.4 Å². The Morgan fingerprint density at radius 1 is 1.14 bits per heavy atom. The first-order chi connectivity index (χ1) is 17.6. The van der Waals surface area contributed by atoms with Gasteiger partial charge in [0.25, 0.3) is 0 Å². The van der Waals surface area contributed by atoms with Crippen LogP contribution in [0, 0.1) is 5.92 Å². The van der Waals surface area contributed by atoms with E-state index in [9.17, 15) is 4.79 Å². The Balaban J connectivity index is 1.12. The van der Waals surface area contributed by atoms with Gasteiger partial charge in [0.05, 0.1) is 11.0 Å². The first-order valence-corrected chi connectivity index (χ1v) is 12.3. The second kappa shape index (κ2) is 9.33. The van der Waals surface area contributed by atoms with Crippen LogP contribution in [0.2, 0.25) is 0 Å². The number of para-hydroxylation sites is 2. The van der Waals surface area contributed by atoms with E-state index in [-0.39, 0.29) is 18.0 Å². The number of fused-ring (bicyclic) bond motifs is 2. The molecule has 3 N–H and O–H groups in total. The lowest BCUT2D eigenvalue weighted by molar-refractivity contribution is 0.172. The minimum absolute atomic E-state index is 0.0629. The van der Waals surface area contributed by atoms with Crippen LogP contribution in [0.5, 0.6) is 0 Å². The van der Waals surface area contributed by atoms with E-state index in [1.165, 1.54) is 0 Å². The van der Waals surface area contributed by atoms with Gasteiger partial charge in [-0.15, -0.1) is 0 Å². The van der Waals surface area contributed by atoms with E-state index < -0.39 is 0 Å². The van der Waals surface area contributed by atoms with Crippen LogP contribution in [0.1, 0.15) is 19.8 Å². The number of carbonyl (C=O) groups is 1. The molecule has 36 heavy (non-hydrogen) atoms. The lowest BCUT2D eigenvalue weighted by atomic mass is 9.92. The molecule has 0 spiro atoms. The molecule has 1 saturated heterocycles. The molecule has 2 unspecified atom stereocenters. The van der Waals surface area contributed by atoms with Crippen molar-refractivity contribution in [2.75, 3.05) is 23.7 Å². The molecule has 1 aliphatic heterocycles. The fraction of sp³-hybridized carbons (Fsp3) is 0.259. The summed E-state index contributed by atoms with van der Waals surface area (Å²) in [5.74, 6) is 1.62. The Bertz CT molecular complexity index is 1520. The maximum Gasteiger partial charge on any atom is 0.321 e. The maximum absolute atomic E-state index is 13.0. The molecule has 2 aromatic carbocycles. The summed E-state index contributed by atoms with van der Waals surface area (Å²) in [5.41, 5.74) is 3.78. The molecule has 2 amide bonds. The van der Waals surface area contributed by atoms with Gasteiger partial charge in [0, 0.05) is 48.1 Å². The molecule has 0 saturated carbocycles. The van der Waals surface area contributed by atoms with Crippen molar-refractivity contribution in [2.45, 2.75) is 25.8 Å². The van der Waals surface area contributed by atoms with Crippen LogP contribution in [0.25, 0.3) is 27.8 Å². The van der Waals surface area contributed by atoms with Crippen molar-refractivity contribution in [3.63, 3.8) is 0 Å². The van der Waals surface area contributed by atoms with Gasteiger partial charge in [0.15, 0.2) is 0 Å². The molecule has 6 rings (SSSR count). The number of anilines is 2. The quantitative estimate of drug-likeness (QED) is 0.327. The van der Waals surface area contributed by atoms with Gasteiger partial charge in [0.1, 0.15) is 12.1 Å². The number of amides is 2. The van der Waals surface area contributed by atoms with Crippen LogP contribution in [-0.2, 0) is 0 Å². The lowest BCUT2D eigenvalue weighted by Crippen LogP contribution is -2.46. The number of benzene rings is 2. The number of urea groups is 1. The van der Waals surface area contributed by atoms with Gasteiger partial charge in [-0.25, -0.2) is 14.8 Å². The van der Waals surface area contributed by atoms with Crippen molar-refractivity contribution in [3.8, 4) is 5.82 Å². The van der Waals surface area contributed by atoms with Gasteiger partial charge in [-0.2, -0.15) is 4.98 Å². The van der Waals surface area contributed by atoms with E-state index in [0.29, 0.717) is 12.5 Å². The highest BCUT2D eigenvalue weighted by Gasteiger charge is 2.28. The standard InChI is InChI=1S/C27H28N8O/c1-18(31-26-29-13-11-25(33-26)35-17-30-23-6-2-3-7-24(23)35)20-5-4-14-34(16-20)27(36)32-21-8-9-22-19(15-21)10-12-28-22/h2-3,6-13,15,17-18,20,28H,4-5,14,16H2,1H3,(H,32,36)(H,29,31,33). The van der Waals surface area contributed by atoms with Gasteiger partial charge >= 0.3 is 6.03 Å². The van der Waals surface area contributed by atoms with E-state index in [0.717, 1.165) is 52.8 Å².